The highest BCUT2D eigenvalue weighted by atomic mass is 19.4. The second-order valence-electron chi connectivity index (χ2n) is 7.89. The van der Waals surface area contributed by atoms with E-state index in [0.717, 1.165) is 0 Å². The highest BCUT2D eigenvalue weighted by Crippen LogP contribution is 2.81. The number of alkyl halides is 6. The number of carbonyl (C=O) groups is 1. The van der Waals surface area contributed by atoms with Crippen LogP contribution in [0, 0.1) is 28.1 Å². The molecular formula is C22H17F6NO3. The van der Waals surface area contributed by atoms with Crippen molar-refractivity contribution in [2.75, 3.05) is 0 Å². The van der Waals surface area contributed by atoms with Crippen molar-refractivity contribution in [3.63, 3.8) is 0 Å². The molecule has 0 spiro atoms. The molecule has 0 radical (unpaired) electrons. The van der Waals surface area contributed by atoms with E-state index >= 15 is 0 Å². The molecule has 1 aliphatic carbocycles. The largest absolute Gasteiger partial charge is 0.457 e. The molecule has 10 heteroatoms. The topological polar surface area (TPSA) is 59.3 Å². The molecule has 2 atom stereocenters. The number of hydrogen-bond acceptors (Lipinski definition) is 4. The normalized spacial score (nSPS) is 20.0. The summed E-state index contributed by atoms with van der Waals surface area (Å²) in [6.45, 7) is 1.41. The molecule has 0 N–H and O–H groups in total. The van der Waals surface area contributed by atoms with Crippen LogP contribution < -0.4 is 4.74 Å². The Balaban J connectivity index is 1.84. The minimum absolute atomic E-state index is 0.0392. The Morgan fingerprint density at radius 2 is 1.53 bits per heavy atom. The second kappa shape index (κ2) is 7.73. The lowest BCUT2D eigenvalue weighted by Gasteiger charge is -2.26. The first-order chi connectivity index (χ1) is 14.8. The van der Waals surface area contributed by atoms with Gasteiger partial charge in [0.2, 0.25) is 6.10 Å². The molecule has 1 saturated carbocycles. The Morgan fingerprint density at radius 1 is 0.969 bits per heavy atom. The Labute approximate surface area is 179 Å². The van der Waals surface area contributed by atoms with Gasteiger partial charge in [-0.1, -0.05) is 44.2 Å². The van der Waals surface area contributed by atoms with Gasteiger partial charge in [-0.15, -0.1) is 0 Å². The minimum atomic E-state index is -5.73. The highest BCUT2D eigenvalue weighted by Gasteiger charge is 2.95. The molecule has 0 bridgehead atoms. The van der Waals surface area contributed by atoms with E-state index in [-0.39, 0.29) is 11.3 Å². The van der Waals surface area contributed by atoms with Crippen molar-refractivity contribution < 1.29 is 40.6 Å². The van der Waals surface area contributed by atoms with Crippen molar-refractivity contribution in [1.82, 2.24) is 0 Å². The first kappa shape index (κ1) is 23.4. The predicted molar refractivity (Wildman–Crippen MR) is 99.2 cm³/mol. The zero-order valence-electron chi connectivity index (χ0n) is 16.8. The quantitative estimate of drug-likeness (QED) is 0.388. The zero-order chi connectivity index (χ0) is 23.9. The van der Waals surface area contributed by atoms with Gasteiger partial charge in [0.25, 0.3) is 0 Å². The number of carbonyl (C=O) groups excluding carboxylic acids is 1. The van der Waals surface area contributed by atoms with E-state index in [1.54, 1.807) is 36.4 Å². The fourth-order valence-electron chi connectivity index (χ4n) is 4.17. The lowest BCUT2D eigenvalue weighted by atomic mass is 9.94. The van der Waals surface area contributed by atoms with Gasteiger partial charge in [0.15, 0.2) is 5.41 Å². The van der Waals surface area contributed by atoms with Crippen molar-refractivity contribution in [3.05, 3.63) is 60.2 Å². The summed E-state index contributed by atoms with van der Waals surface area (Å²) in [5, 5.41) is 9.38. The maximum atomic E-state index is 13.5. The van der Waals surface area contributed by atoms with Crippen molar-refractivity contribution in [1.29, 1.82) is 5.26 Å². The van der Waals surface area contributed by atoms with E-state index in [4.69, 9.17) is 9.47 Å². The summed E-state index contributed by atoms with van der Waals surface area (Å²) in [5.41, 5.74) is -6.70. The summed E-state index contributed by atoms with van der Waals surface area (Å²) in [4.78, 5) is 12.4. The van der Waals surface area contributed by atoms with Gasteiger partial charge >= 0.3 is 18.3 Å². The molecule has 4 nitrogen and oxygen atoms in total. The molecule has 0 aromatic heterocycles. The van der Waals surface area contributed by atoms with Crippen molar-refractivity contribution in [2.24, 2.45) is 16.7 Å². The lowest BCUT2D eigenvalue weighted by molar-refractivity contribution is -0.315. The molecule has 2 unspecified atom stereocenters. The Hall–Kier alpha value is -3.22. The average molecular weight is 457 g/mol. The molecule has 0 heterocycles. The van der Waals surface area contributed by atoms with Gasteiger partial charge in [-0.2, -0.15) is 31.6 Å². The molecule has 0 aliphatic heterocycles. The van der Waals surface area contributed by atoms with Gasteiger partial charge in [-0.05, 0) is 24.3 Å². The number of ether oxygens (including phenoxy) is 2. The minimum Gasteiger partial charge on any atom is -0.457 e. The standard InChI is InChI=1S/C22H17F6NO3/c1-19(2)17(20(19,21(23,24)25)22(26,27)28)18(30)32-16(12-29)13-7-6-10-15(11-13)31-14-8-4-3-5-9-14/h3-11,16-17H,1-2H3. The third-order valence-electron chi connectivity index (χ3n) is 5.71. The molecule has 32 heavy (non-hydrogen) atoms. The van der Waals surface area contributed by atoms with Gasteiger partial charge in [0.05, 0.1) is 5.92 Å². The van der Waals surface area contributed by atoms with Crippen LogP contribution in [-0.2, 0) is 9.53 Å². The fraction of sp³-hybridized carbons (Fsp3) is 0.364. The van der Waals surface area contributed by atoms with E-state index in [1.807, 2.05) is 0 Å². The number of benzene rings is 2. The Kier molecular flexibility index (Phi) is 5.66. The van der Waals surface area contributed by atoms with Crippen LogP contribution in [0.15, 0.2) is 54.6 Å². The molecule has 0 saturated heterocycles. The number of para-hydroxylation sites is 1. The van der Waals surface area contributed by atoms with E-state index < -0.39 is 41.2 Å². The molecule has 3 rings (SSSR count). The van der Waals surface area contributed by atoms with Crippen LogP contribution in [0.1, 0.15) is 25.5 Å². The molecule has 2 aromatic carbocycles. The zero-order valence-corrected chi connectivity index (χ0v) is 16.8. The van der Waals surface area contributed by atoms with Crippen LogP contribution in [0.4, 0.5) is 26.3 Å². The fourth-order valence-corrected chi connectivity index (χ4v) is 4.17. The molecular weight excluding hydrogens is 440 g/mol. The second-order valence-corrected chi connectivity index (χ2v) is 7.89. The van der Waals surface area contributed by atoms with E-state index in [0.29, 0.717) is 19.6 Å². The summed E-state index contributed by atoms with van der Waals surface area (Å²) in [6, 6.07) is 15.7. The molecule has 170 valence electrons. The summed E-state index contributed by atoms with van der Waals surface area (Å²) in [7, 11) is 0. The number of rotatable bonds is 5. The number of nitriles is 1. The third kappa shape index (κ3) is 3.66. The number of hydrogen-bond donors (Lipinski definition) is 0. The maximum Gasteiger partial charge on any atom is 0.404 e. The summed E-state index contributed by atoms with van der Waals surface area (Å²) < 4.78 is 91.4. The van der Waals surface area contributed by atoms with E-state index in [1.165, 1.54) is 24.3 Å². The van der Waals surface area contributed by atoms with Crippen LogP contribution in [0.25, 0.3) is 0 Å². The van der Waals surface area contributed by atoms with Gasteiger partial charge in [-0.3, -0.25) is 4.79 Å². The lowest BCUT2D eigenvalue weighted by Crippen LogP contribution is -2.44. The maximum absolute atomic E-state index is 13.5. The number of halogens is 6. The molecule has 2 aromatic rings. The Morgan fingerprint density at radius 3 is 2.03 bits per heavy atom. The van der Waals surface area contributed by atoms with Crippen LogP contribution in [0.2, 0.25) is 0 Å². The van der Waals surface area contributed by atoms with Crippen molar-refractivity contribution in [3.8, 4) is 17.6 Å². The van der Waals surface area contributed by atoms with Crippen molar-refractivity contribution in [2.45, 2.75) is 32.3 Å². The van der Waals surface area contributed by atoms with Gasteiger partial charge in [0.1, 0.15) is 17.6 Å². The van der Waals surface area contributed by atoms with Gasteiger partial charge in [0, 0.05) is 11.0 Å². The van der Waals surface area contributed by atoms with E-state index in [9.17, 15) is 36.4 Å². The van der Waals surface area contributed by atoms with Gasteiger partial charge in [-0.25, -0.2) is 0 Å². The van der Waals surface area contributed by atoms with Crippen LogP contribution in [0.5, 0.6) is 11.5 Å². The molecule has 0 amide bonds. The highest BCUT2D eigenvalue weighted by molar-refractivity contribution is 5.80. The molecule has 1 fully saturated rings. The smallest absolute Gasteiger partial charge is 0.404 e. The monoisotopic (exact) mass is 457 g/mol. The first-order valence-electron chi connectivity index (χ1n) is 9.34. The third-order valence-corrected chi connectivity index (χ3v) is 5.71. The van der Waals surface area contributed by atoms with E-state index in [2.05, 4.69) is 0 Å². The summed E-state index contributed by atoms with van der Waals surface area (Å²) in [6.07, 6.45) is -13.2. The van der Waals surface area contributed by atoms with Gasteiger partial charge < -0.3 is 9.47 Å². The van der Waals surface area contributed by atoms with Crippen LogP contribution in [-0.4, -0.2) is 18.3 Å². The molecule has 1 aliphatic rings. The number of nitrogens with zero attached hydrogens (tertiary/aromatic N) is 1. The number of esters is 1. The SMILES string of the molecule is CC1(C)C(C(=O)OC(C#N)c2cccc(Oc3ccccc3)c2)C1(C(F)(F)F)C(F)(F)F. The first-order valence-corrected chi connectivity index (χ1v) is 9.34. The summed E-state index contributed by atoms with van der Waals surface area (Å²) >= 11 is 0. The van der Waals surface area contributed by atoms with Crippen LogP contribution >= 0.6 is 0 Å². The van der Waals surface area contributed by atoms with Crippen molar-refractivity contribution >= 4 is 5.97 Å². The Bertz CT molecular complexity index is 1030. The predicted octanol–water partition coefficient (Wildman–Crippen LogP) is 6.35. The van der Waals surface area contributed by atoms with Crippen LogP contribution in [0.3, 0.4) is 0 Å². The average Bonchev–Trinajstić information content (AvgIpc) is 3.25. The summed E-state index contributed by atoms with van der Waals surface area (Å²) in [5.74, 6) is -3.59.